The number of hydrogen-bond acceptors (Lipinski definition) is 3. The summed E-state index contributed by atoms with van der Waals surface area (Å²) in [5.74, 6) is 5.32. The summed E-state index contributed by atoms with van der Waals surface area (Å²) in [4.78, 5) is 11.0. The van der Waals surface area contributed by atoms with E-state index in [4.69, 9.17) is 10.6 Å². The van der Waals surface area contributed by atoms with Crippen LogP contribution in [-0.2, 0) is 10.2 Å². The summed E-state index contributed by atoms with van der Waals surface area (Å²) in [5, 5.41) is 0. The molecule has 0 saturated heterocycles. The average molecular weight is 278 g/mol. The maximum atomic E-state index is 11.0. The second-order valence-corrected chi connectivity index (χ2v) is 7.00. The van der Waals surface area contributed by atoms with Crippen molar-refractivity contribution in [3.8, 4) is 5.75 Å². The smallest absolute Gasteiger partial charge is 0.271 e. The number of carbonyl (C=O) groups is 1. The van der Waals surface area contributed by atoms with Gasteiger partial charge in [-0.3, -0.25) is 10.2 Å². The first-order valence-corrected chi connectivity index (χ1v) is 6.87. The van der Waals surface area contributed by atoms with E-state index < -0.39 is 0 Å². The topological polar surface area (TPSA) is 64.3 Å². The van der Waals surface area contributed by atoms with Crippen LogP contribution in [0.25, 0.3) is 0 Å². The van der Waals surface area contributed by atoms with Crippen molar-refractivity contribution < 1.29 is 9.53 Å². The molecule has 3 N–H and O–H groups in total. The van der Waals surface area contributed by atoms with Crippen molar-refractivity contribution in [1.82, 2.24) is 5.43 Å². The van der Waals surface area contributed by atoms with E-state index >= 15 is 0 Å². The minimum atomic E-state index is -0.345. The van der Waals surface area contributed by atoms with Crippen molar-refractivity contribution in [3.05, 3.63) is 29.8 Å². The van der Waals surface area contributed by atoms with E-state index in [0.29, 0.717) is 5.75 Å². The molecule has 1 rings (SSSR count). The largest absolute Gasteiger partial charge is 0.484 e. The summed E-state index contributed by atoms with van der Waals surface area (Å²) in [6, 6.07) is 7.90. The van der Waals surface area contributed by atoms with Gasteiger partial charge in [0, 0.05) is 0 Å². The lowest BCUT2D eigenvalue weighted by atomic mass is 9.72. The summed E-state index contributed by atoms with van der Waals surface area (Å²) in [7, 11) is 0. The fourth-order valence-electron chi connectivity index (χ4n) is 2.62. The Labute approximate surface area is 121 Å². The minimum absolute atomic E-state index is 0.0682. The van der Waals surface area contributed by atoms with Crippen molar-refractivity contribution in [2.45, 2.75) is 46.5 Å². The number of ether oxygens (including phenoxy) is 1. The van der Waals surface area contributed by atoms with Gasteiger partial charge >= 0.3 is 0 Å². The fourth-order valence-corrected chi connectivity index (χ4v) is 2.62. The highest BCUT2D eigenvalue weighted by atomic mass is 16.5. The Morgan fingerprint density at radius 2 is 1.70 bits per heavy atom. The third kappa shape index (κ3) is 5.21. The van der Waals surface area contributed by atoms with Crippen LogP contribution >= 0.6 is 0 Å². The van der Waals surface area contributed by atoms with Gasteiger partial charge in [0.1, 0.15) is 5.75 Å². The van der Waals surface area contributed by atoms with Crippen LogP contribution in [0.4, 0.5) is 0 Å². The molecule has 0 radical (unpaired) electrons. The number of carbonyl (C=O) groups excluding carboxylic acids is 1. The number of nitrogens with two attached hydrogens (primary N) is 1. The average Bonchev–Trinajstić information content (AvgIpc) is 2.33. The molecule has 0 heterocycles. The Morgan fingerprint density at radius 3 is 2.15 bits per heavy atom. The molecule has 0 aliphatic carbocycles. The first kappa shape index (κ1) is 16.5. The van der Waals surface area contributed by atoms with E-state index in [1.165, 1.54) is 5.56 Å². The minimum Gasteiger partial charge on any atom is -0.484 e. The Hall–Kier alpha value is -1.55. The molecule has 0 atom stereocenters. The molecule has 0 aliphatic rings. The van der Waals surface area contributed by atoms with Gasteiger partial charge in [-0.15, -0.1) is 0 Å². The molecule has 4 nitrogen and oxygen atoms in total. The molecule has 0 fully saturated rings. The second-order valence-electron chi connectivity index (χ2n) is 7.00. The van der Waals surface area contributed by atoms with E-state index in [0.717, 1.165) is 6.42 Å². The van der Waals surface area contributed by atoms with E-state index in [-0.39, 0.29) is 23.3 Å². The van der Waals surface area contributed by atoms with Gasteiger partial charge in [-0.1, -0.05) is 46.8 Å². The molecular weight excluding hydrogens is 252 g/mol. The zero-order valence-corrected chi connectivity index (χ0v) is 13.1. The number of rotatable bonds is 5. The van der Waals surface area contributed by atoms with Crippen LogP contribution in [0, 0.1) is 5.41 Å². The summed E-state index contributed by atoms with van der Waals surface area (Å²) >= 11 is 0. The van der Waals surface area contributed by atoms with Gasteiger partial charge in [0.25, 0.3) is 5.91 Å². The summed E-state index contributed by atoms with van der Waals surface area (Å²) < 4.78 is 5.34. The SMILES string of the molecule is CC(C)(C)CC(C)(C)c1ccc(OCC(=O)NN)cc1. The highest BCUT2D eigenvalue weighted by Gasteiger charge is 2.27. The molecule has 112 valence electrons. The van der Waals surface area contributed by atoms with Crippen LogP contribution in [0.2, 0.25) is 0 Å². The van der Waals surface area contributed by atoms with Crippen LogP contribution in [-0.4, -0.2) is 12.5 Å². The molecule has 4 heteroatoms. The van der Waals surface area contributed by atoms with E-state index in [9.17, 15) is 4.79 Å². The molecule has 0 aliphatic heterocycles. The zero-order chi connectivity index (χ0) is 15.4. The van der Waals surface area contributed by atoms with Gasteiger partial charge in [-0.2, -0.15) is 0 Å². The Kier molecular flexibility index (Phi) is 5.17. The van der Waals surface area contributed by atoms with Crippen LogP contribution in [0.1, 0.15) is 46.6 Å². The normalized spacial score (nSPS) is 12.1. The summed E-state index contributed by atoms with van der Waals surface area (Å²) in [6.45, 7) is 11.2. The summed E-state index contributed by atoms with van der Waals surface area (Å²) in [5.41, 5.74) is 3.68. The van der Waals surface area contributed by atoms with Gasteiger partial charge in [0.2, 0.25) is 0 Å². The lowest BCUT2D eigenvalue weighted by Gasteiger charge is -2.33. The quantitative estimate of drug-likeness (QED) is 0.494. The fraction of sp³-hybridized carbons (Fsp3) is 0.562. The van der Waals surface area contributed by atoms with Crippen LogP contribution in [0.15, 0.2) is 24.3 Å². The molecule has 20 heavy (non-hydrogen) atoms. The molecule has 0 bridgehead atoms. The maximum absolute atomic E-state index is 11.0. The molecule has 0 aromatic heterocycles. The second kappa shape index (κ2) is 6.27. The highest BCUT2D eigenvalue weighted by molar-refractivity contribution is 5.76. The number of amides is 1. The molecule has 1 amide bonds. The third-order valence-electron chi connectivity index (χ3n) is 3.14. The van der Waals surface area contributed by atoms with Crippen LogP contribution in [0.3, 0.4) is 0 Å². The Balaban J connectivity index is 2.73. The van der Waals surface area contributed by atoms with Crippen LogP contribution < -0.4 is 16.0 Å². The first-order chi connectivity index (χ1) is 9.14. The van der Waals surface area contributed by atoms with Crippen LogP contribution in [0.5, 0.6) is 5.75 Å². The number of hydrazine groups is 1. The molecule has 0 saturated carbocycles. The number of hydrogen-bond donors (Lipinski definition) is 2. The maximum Gasteiger partial charge on any atom is 0.271 e. The number of nitrogens with one attached hydrogen (secondary N) is 1. The Bertz CT molecular complexity index is 445. The van der Waals surface area contributed by atoms with E-state index in [2.05, 4.69) is 46.8 Å². The first-order valence-electron chi connectivity index (χ1n) is 6.87. The molecule has 1 aromatic carbocycles. The standard InChI is InChI=1S/C16H26N2O2/c1-15(2,3)11-16(4,5)12-6-8-13(9-7-12)20-10-14(19)18-17/h6-9H,10-11,17H2,1-5H3,(H,18,19). The predicted molar refractivity (Wildman–Crippen MR) is 81.4 cm³/mol. The molecule has 0 spiro atoms. The lowest BCUT2D eigenvalue weighted by molar-refractivity contribution is -0.123. The number of benzene rings is 1. The molecule has 0 unspecified atom stereocenters. The van der Waals surface area contributed by atoms with E-state index in [1.807, 2.05) is 17.6 Å². The lowest BCUT2D eigenvalue weighted by Crippen LogP contribution is -2.34. The van der Waals surface area contributed by atoms with Gasteiger partial charge < -0.3 is 4.74 Å². The third-order valence-corrected chi connectivity index (χ3v) is 3.14. The van der Waals surface area contributed by atoms with Crippen molar-refractivity contribution in [3.63, 3.8) is 0 Å². The molecule has 1 aromatic rings. The van der Waals surface area contributed by atoms with Gasteiger partial charge in [-0.25, -0.2) is 5.84 Å². The van der Waals surface area contributed by atoms with Gasteiger partial charge in [-0.05, 0) is 34.9 Å². The van der Waals surface area contributed by atoms with Gasteiger partial charge in [0.05, 0.1) is 0 Å². The zero-order valence-electron chi connectivity index (χ0n) is 13.1. The highest BCUT2D eigenvalue weighted by Crippen LogP contribution is 2.36. The van der Waals surface area contributed by atoms with E-state index in [1.54, 1.807) is 0 Å². The predicted octanol–water partition coefficient (Wildman–Crippen LogP) is 2.77. The Morgan fingerprint density at radius 1 is 1.15 bits per heavy atom. The van der Waals surface area contributed by atoms with Crippen molar-refractivity contribution in [2.75, 3.05) is 6.61 Å². The summed E-state index contributed by atoms with van der Waals surface area (Å²) in [6.07, 6.45) is 1.09. The van der Waals surface area contributed by atoms with Gasteiger partial charge in [0.15, 0.2) is 6.61 Å². The monoisotopic (exact) mass is 278 g/mol. The molecular formula is C16H26N2O2. The van der Waals surface area contributed by atoms with Crippen molar-refractivity contribution in [1.29, 1.82) is 0 Å². The van der Waals surface area contributed by atoms with Crippen molar-refractivity contribution in [2.24, 2.45) is 11.3 Å². The van der Waals surface area contributed by atoms with Crippen molar-refractivity contribution >= 4 is 5.91 Å².